The van der Waals surface area contributed by atoms with Crippen LogP contribution < -0.4 is 0 Å². The molecule has 0 aliphatic carbocycles. The normalized spacial score (nSPS) is 9.08. The van der Waals surface area contributed by atoms with Crippen LogP contribution in [-0.4, -0.2) is 0 Å². The van der Waals surface area contributed by atoms with E-state index in [1.807, 2.05) is 13.8 Å². The van der Waals surface area contributed by atoms with Crippen molar-refractivity contribution in [1.29, 1.82) is 0 Å². The summed E-state index contributed by atoms with van der Waals surface area (Å²) in [6, 6.07) is 47.0. The molecule has 0 bridgehead atoms. The Bertz CT molecular complexity index is 1870. The number of benzene rings is 7. The molecule has 0 aliphatic rings. The number of rotatable bonds is 0. The van der Waals surface area contributed by atoms with Gasteiger partial charge in [0.15, 0.2) is 0 Å². The first-order chi connectivity index (χ1) is 27.4. The Morgan fingerprint density at radius 3 is 0.426 bits per heavy atom. The zero-order valence-corrected chi connectivity index (χ0v) is 45.0. The van der Waals surface area contributed by atoms with Crippen molar-refractivity contribution in [3.05, 3.63) is 237 Å². The molecule has 0 heterocycles. The van der Waals surface area contributed by atoms with Gasteiger partial charge in [-0.1, -0.05) is 147 Å². The molecule has 0 aliphatic heterocycles. The molecule has 0 N–H and O–H groups in total. The van der Waals surface area contributed by atoms with Gasteiger partial charge >= 0.3 is 21.1 Å². The van der Waals surface area contributed by atoms with Gasteiger partial charge in [-0.3, -0.25) is 0 Å². The quantitative estimate of drug-likeness (QED) is 0.133. The second kappa shape index (κ2) is 32.2. The van der Waals surface area contributed by atoms with Gasteiger partial charge in [0.25, 0.3) is 0 Å². The van der Waals surface area contributed by atoms with E-state index < -0.39 is 0 Å². The van der Waals surface area contributed by atoms with E-state index in [4.69, 9.17) is 0 Å². The first-order valence-corrected chi connectivity index (χ1v) is 21.0. The Hall–Kier alpha value is -4.51. The van der Waals surface area contributed by atoms with Gasteiger partial charge in [-0.15, -0.1) is 0 Å². The standard InChI is InChI=1S/C14H16.C10H14.4C8H10.C2H6.2CH3.W/c1-9-5-13-7-11(3)12(4)8-14(13)6-10(9)2;1-7-5-9(3)10(4)6-8(7)2;4*1-7-5-3-4-6-8(7)2;1-2;;;/h5-8H,1-4H3;5-6H,1-4H3;4*3-6H,1-2H3;1-2H3;2*1H3;/q;;;;;;;2*-1;+2. The van der Waals surface area contributed by atoms with Gasteiger partial charge in [0, 0.05) is 0 Å². The molecular weight excluding hydrogens is 904 g/mol. The predicted molar refractivity (Wildman–Crippen MR) is 276 cm³/mol. The van der Waals surface area contributed by atoms with Gasteiger partial charge in [0.2, 0.25) is 0 Å². The van der Waals surface area contributed by atoms with Crippen LogP contribution in [0.25, 0.3) is 10.8 Å². The van der Waals surface area contributed by atoms with Crippen LogP contribution in [0, 0.1) is 126 Å². The maximum atomic E-state index is 2.27. The molecular formula is C60H82W. The van der Waals surface area contributed by atoms with E-state index in [0.29, 0.717) is 0 Å². The Morgan fingerprint density at radius 2 is 0.311 bits per heavy atom. The van der Waals surface area contributed by atoms with Crippen LogP contribution >= 0.6 is 0 Å². The Labute approximate surface area is 391 Å². The summed E-state index contributed by atoms with van der Waals surface area (Å²) in [5.74, 6) is 0. The molecule has 1 heteroatoms. The second-order valence-corrected chi connectivity index (χ2v) is 15.6. The van der Waals surface area contributed by atoms with Crippen molar-refractivity contribution in [2.75, 3.05) is 0 Å². The van der Waals surface area contributed by atoms with Crippen molar-refractivity contribution in [3.63, 3.8) is 0 Å². The van der Waals surface area contributed by atoms with Crippen LogP contribution in [0.4, 0.5) is 0 Å². The number of fused-ring (bicyclic) bond motifs is 1. The smallest absolute Gasteiger partial charge is 0.358 e. The van der Waals surface area contributed by atoms with E-state index in [1.54, 1.807) is 0 Å². The van der Waals surface area contributed by atoms with Gasteiger partial charge in [-0.2, -0.15) is 0 Å². The molecule has 0 amide bonds. The average Bonchev–Trinajstić information content (AvgIpc) is 3.19. The third kappa shape index (κ3) is 22.8. The van der Waals surface area contributed by atoms with E-state index in [-0.39, 0.29) is 35.9 Å². The van der Waals surface area contributed by atoms with Crippen molar-refractivity contribution in [2.45, 2.75) is 125 Å². The second-order valence-electron chi connectivity index (χ2n) is 15.6. The molecule has 7 aromatic rings. The first kappa shape index (κ1) is 60.8. The van der Waals surface area contributed by atoms with Crippen molar-refractivity contribution in [3.8, 4) is 0 Å². The maximum absolute atomic E-state index is 2.27. The van der Waals surface area contributed by atoms with Crippen LogP contribution in [-0.2, 0) is 21.1 Å². The van der Waals surface area contributed by atoms with E-state index in [1.165, 1.54) is 99.8 Å². The van der Waals surface area contributed by atoms with E-state index >= 15 is 0 Å². The summed E-state index contributed by atoms with van der Waals surface area (Å²) in [5, 5.41) is 2.72. The van der Waals surface area contributed by atoms with Crippen molar-refractivity contribution in [2.24, 2.45) is 0 Å². The summed E-state index contributed by atoms with van der Waals surface area (Å²) in [6.07, 6.45) is 0. The van der Waals surface area contributed by atoms with Crippen molar-refractivity contribution in [1.82, 2.24) is 0 Å². The van der Waals surface area contributed by atoms with Crippen LogP contribution in [0.2, 0.25) is 0 Å². The number of hydrogen-bond acceptors (Lipinski definition) is 0. The molecule has 0 radical (unpaired) electrons. The number of aryl methyl sites for hydroxylation is 16. The van der Waals surface area contributed by atoms with Gasteiger partial charge in [-0.25, -0.2) is 0 Å². The molecule has 0 spiro atoms. The molecule has 0 atom stereocenters. The molecule has 61 heavy (non-hydrogen) atoms. The molecule has 328 valence electrons. The fourth-order valence-corrected chi connectivity index (χ4v) is 5.56. The molecule has 0 unspecified atom stereocenters. The molecule has 7 aromatic carbocycles. The van der Waals surface area contributed by atoms with E-state index in [2.05, 4.69) is 244 Å². The molecule has 0 saturated heterocycles. The molecule has 0 aromatic heterocycles. The van der Waals surface area contributed by atoms with Crippen LogP contribution in [0.3, 0.4) is 0 Å². The topological polar surface area (TPSA) is 0 Å². The monoisotopic (exact) mass is 987 g/mol. The summed E-state index contributed by atoms with van der Waals surface area (Å²) < 4.78 is 0. The van der Waals surface area contributed by atoms with Gasteiger partial charge in [-0.05, 0) is 211 Å². The SMILES string of the molecule is CC.Cc1cc(C)c(C)cc1C.Cc1cc2cc(C)c(C)cc2cc1C.Cc1ccccc1C.Cc1ccccc1C.Cc1ccccc1C.Cc1ccccc1C.[CH3-].[CH3-].[W+2]. The fourth-order valence-electron chi connectivity index (χ4n) is 5.56. The maximum Gasteiger partial charge on any atom is 2.00 e. The summed E-state index contributed by atoms with van der Waals surface area (Å²) >= 11 is 0. The van der Waals surface area contributed by atoms with Crippen molar-refractivity contribution < 1.29 is 21.1 Å². The third-order valence-electron chi connectivity index (χ3n) is 10.9. The zero-order chi connectivity index (χ0) is 43.9. The van der Waals surface area contributed by atoms with Crippen LogP contribution in [0.1, 0.15) is 103 Å². The Kier molecular flexibility index (Phi) is 32.1. The van der Waals surface area contributed by atoms with Crippen molar-refractivity contribution >= 4 is 10.8 Å². The van der Waals surface area contributed by atoms with E-state index in [9.17, 15) is 0 Å². The molecule has 0 saturated carbocycles. The predicted octanol–water partition coefficient (Wildman–Crippen LogP) is 18.1. The summed E-state index contributed by atoms with van der Waals surface area (Å²) in [5.41, 5.74) is 22.0. The third-order valence-corrected chi connectivity index (χ3v) is 10.9. The minimum Gasteiger partial charge on any atom is -0.358 e. The minimum atomic E-state index is 0. The zero-order valence-electron chi connectivity index (χ0n) is 42.1. The van der Waals surface area contributed by atoms with Crippen LogP contribution in [0.5, 0.6) is 0 Å². The number of hydrogen-bond donors (Lipinski definition) is 0. The largest absolute Gasteiger partial charge is 2.00 e. The average molecular weight is 987 g/mol. The van der Waals surface area contributed by atoms with Crippen LogP contribution in [0.15, 0.2) is 133 Å². The van der Waals surface area contributed by atoms with Gasteiger partial charge in [0.1, 0.15) is 0 Å². The Morgan fingerprint density at radius 1 is 0.197 bits per heavy atom. The Balaban J connectivity index is -0.000000659. The molecule has 0 fully saturated rings. The van der Waals surface area contributed by atoms with Gasteiger partial charge < -0.3 is 14.9 Å². The minimum absolute atomic E-state index is 0. The van der Waals surface area contributed by atoms with E-state index in [0.717, 1.165) is 0 Å². The fraction of sp³-hybridized carbons (Fsp3) is 0.300. The summed E-state index contributed by atoms with van der Waals surface area (Å²) in [7, 11) is 0. The summed E-state index contributed by atoms with van der Waals surface area (Å²) in [4.78, 5) is 0. The molecule has 0 nitrogen and oxygen atoms in total. The molecule has 7 rings (SSSR count). The van der Waals surface area contributed by atoms with Gasteiger partial charge in [0.05, 0.1) is 0 Å². The first-order valence-electron chi connectivity index (χ1n) is 21.0. The summed E-state index contributed by atoms with van der Waals surface area (Å²) in [6.45, 7) is 38.3.